The first-order chi connectivity index (χ1) is 11.3. The molecule has 0 aliphatic carbocycles. The van der Waals surface area contributed by atoms with Crippen LogP contribution in [0.4, 0.5) is 11.6 Å². The Hall–Kier alpha value is -1.90. The predicted octanol–water partition coefficient (Wildman–Crippen LogP) is 1.91. The van der Waals surface area contributed by atoms with Gasteiger partial charge in [0.05, 0.1) is 16.9 Å². The fourth-order valence-corrected chi connectivity index (χ4v) is 3.05. The molecular weight excluding hydrogens is 352 g/mol. The highest BCUT2D eigenvalue weighted by Crippen LogP contribution is 2.17. The first-order valence-electron chi connectivity index (χ1n) is 7.23. The molecule has 0 saturated carbocycles. The van der Waals surface area contributed by atoms with E-state index in [1.54, 1.807) is 32.0 Å². The molecule has 0 saturated heterocycles. The number of aryl methyl sites for hydroxylation is 2. The van der Waals surface area contributed by atoms with Crippen LogP contribution < -0.4 is 10.0 Å². The Morgan fingerprint density at radius 1 is 1.17 bits per heavy atom. The van der Waals surface area contributed by atoms with E-state index in [4.69, 9.17) is 11.6 Å². The molecule has 1 heterocycles. The molecule has 0 radical (unpaired) electrons. The molecule has 2 rings (SSSR count). The van der Waals surface area contributed by atoms with Crippen LogP contribution in [0.15, 0.2) is 35.2 Å². The zero-order chi connectivity index (χ0) is 17.7. The van der Waals surface area contributed by atoms with Gasteiger partial charge in [-0.1, -0.05) is 0 Å². The molecule has 1 atom stereocenters. The second-order valence-corrected chi connectivity index (χ2v) is 7.28. The monoisotopic (exact) mass is 370 g/mol. The van der Waals surface area contributed by atoms with Crippen molar-refractivity contribution in [3.63, 3.8) is 0 Å². The molecule has 9 heteroatoms. The maximum absolute atomic E-state index is 12.4. The number of rotatable bonds is 7. The number of alkyl halides is 1. The van der Waals surface area contributed by atoms with Crippen LogP contribution in [0.5, 0.6) is 0 Å². The number of benzene rings is 1. The van der Waals surface area contributed by atoms with Gasteiger partial charge in [-0.2, -0.15) is 0 Å². The number of nitrogens with one attached hydrogen (secondary N) is 2. The third-order valence-corrected chi connectivity index (χ3v) is 4.79. The van der Waals surface area contributed by atoms with Gasteiger partial charge in [0, 0.05) is 23.6 Å². The van der Waals surface area contributed by atoms with Crippen LogP contribution in [-0.4, -0.2) is 42.0 Å². The molecule has 2 aromatic rings. The van der Waals surface area contributed by atoms with Gasteiger partial charge in [0.2, 0.25) is 5.95 Å². The quantitative estimate of drug-likeness (QED) is 0.643. The van der Waals surface area contributed by atoms with E-state index in [1.807, 2.05) is 0 Å². The largest absolute Gasteiger partial charge is 0.390 e. The van der Waals surface area contributed by atoms with Gasteiger partial charge < -0.3 is 10.4 Å². The molecule has 0 spiro atoms. The van der Waals surface area contributed by atoms with Crippen molar-refractivity contribution >= 4 is 33.3 Å². The molecule has 0 aliphatic rings. The van der Waals surface area contributed by atoms with Crippen molar-refractivity contribution in [3.8, 4) is 0 Å². The SMILES string of the molecule is Cc1cc(C)nc(NS(=O)(=O)c2ccc(NCC(O)CCl)cc2)n1. The molecule has 0 amide bonds. The molecule has 1 aromatic carbocycles. The van der Waals surface area contributed by atoms with Crippen LogP contribution in [0.3, 0.4) is 0 Å². The van der Waals surface area contributed by atoms with E-state index in [0.29, 0.717) is 17.1 Å². The summed E-state index contributed by atoms with van der Waals surface area (Å²) in [7, 11) is -3.77. The minimum atomic E-state index is -3.77. The summed E-state index contributed by atoms with van der Waals surface area (Å²) < 4.78 is 27.1. The Kier molecular flexibility index (Phi) is 5.98. The summed E-state index contributed by atoms with van der Waals surface area (Å²) >= 11 is 5.51. The number of sulfonamides is 1. The molecule has 0 fully saturated rings. The summed E-state index contributed by atoms with van der Waals surface area (Å²) in [5, 5.41) is 12.4. The molecule has 0 aliphatic heterocycles. The number of aliphatic hydroxyl groups is 1. The van der Waals surface area contributed by atoms with Gasteiger partial charge >= 0.3 is 0 Å². The van der Waals surface area contributed by atoms with Crippen LogP contribution in [-0.2, 0) is 10.0 Å². The third kappa shape index (κ3) is 5.05. The highest BCUT2D eigenvalue weighted by atomic mass is 35.5. The molecule has 1 aromatic heterocycles. The minimum absolute atomic E-state index is 0.0416. The van der Waals surface area contributed by atoms with E-state index in [9.17, 15) is 13.5 Å². The first-order valence-corrected chi connectivity index (χ1v) is 9.25. The van der Waals surface area contributed by atoms with E-state index in [0.717, 1.165) is 0 Å². The Morgan fingerprint density at radius 3 is 2.29 bits per heavy atom. The first kappa shape index (κ1) is 18.4. The number of aromatic nitrogens is 2. The summed E-state index contributed by atoms with van der Waals surface area (Å²) in [5.41, 5.74) is 2.04. The molecule has 3 N–H and O–H groups in total. The Morgan fingerprint density at radius 2 is 1.75 bits per heavy atom. The molecule has 7 nitrogen and oxygen atoms in total. The van der Waals surface area contributed by atoms with Gasteiger partial charge in [-0.15, -0.1) is 11.6 Å². The van der Waals surface area contributed by atoms with E-state index < -0.39 is 16.1 Å². The standard InChI is InChI=1S/C15H19ClN4O3S/c1-10-7-11(2)19-15(18-10)20-24(22,23)14-5-3-12(4-6-14)17-9-13(21)8-16/h3-7,13,17,21H,8-9H2,1-2H3,(H,18,19,20). The fraction of sp³-hybridized carbons (Fsp3) is 0.333. The van der Waals surface area contributed by atoms with Crippen LogP contribution in [0.2, 0.25) is 0 Å². The average molecular weight is 371 g/mol. The van der Waals surface area contributed by atoms with Crippen molar-refractivity contribution < 1.29 is 13.5 Å². The topological polar surface area (TPSA) is 104 Å². The lowest BCUT2D eigenvalue weighted by atomic mass is 10.3. The molecule has 1 unspecified atom stereocenters. The van der Waals surface area contributed by atoms with Gasteiger partial charge in [0.15, 0.2) is 0 Å². The van der Waals surface area contributed by atoms with Crippen molar-refractivity contribution in [1.82, 2.24) is 9.97 Å². The van der Waals surface area contributed by atoms with Crippen LogP contribution >= 0.6 is 11.6 Å². The number of hydrogen-bond acceptors (Lipinski definition) is 6. The van der Waals surface area contributed by atoms with Gasteiger partial charge in [-0.25, -0.2) is 23.1 Å². The second-order valence-electron chi connectivity index (χ2n) is 5.29. The lowest BCUT2D eigenvalue weighted by Gasteiger charge is -2.11. The van der Waals surface area contributed by atoms with Gasteiger partial charge in [-0.3, -0.25) is 0 Å². The van der Waals surface area contributed by atoms with Crippen molar-refractivity contribution in [2.45, 2.75) is 24.8 Å². The highest BCUT2D eigenvalue weighted by molar-refractivity contribution is 7.92. The van der Waals surface area contributed by atoms with Gasteiger partial charge in [0.25, 0.3) is 10.0 Å². The van der Waals surface area contributed by atoms with Crippen molar-refractivity contribution in [2.24, 2.45) is 0 Å². The number of anilines is 2. The molecule has 24 heavy (non-hydrogen) atoms. The molecular formula is C15H19ClN4O3S. The van der Waals surface area contributed by atoms with Crippen LogP contribution in [0.1, 0.15) is 11.4 Å². The van der Waals surface area contributed by atoms with Crippen LogP contribution in [0, 0.1) is 13.8 Å². The Labute approximate surface area is 146 Å². The van der Waals surface area contributed by atoms with E-state index in [2.05, 4.69) is 20.0 Å². The van der Waals surface area contributed by atoms with Crippen LogP contribution in [0.25, 0.3) is 0 Å². The van der Waals surface area contributed by atoms with Crippen molar-refractivity contribution in [1.29, 1.82) is 0 Å². The Bertz CT molecular complexity index is 777. The van der Waals surface area contributed by atoms with E-state index in [1.165, 1.54) is 12.1 Å². The lowest BCUT2D eigenvalue weighted by molar-refractivity contribution is 0.211. The number of nitrogens with zero attached hydrogens (tertiary/aromatic N) is 2. The maximum Gasteiger partial charge on any atom is 0.264 e. The normalized spacial score (nSPS) is 12.7. The number of aliphatic hydroxyl groups excluding tert-OH is 1. The fourth-order valence-electron chi connectivity index (χ4n) is 1.99. The highest BCUT2D eigenvalue weighted by Gasteiger charge is 2.16. The van der Waals surface area contributed by atoms with E-state index in [-0.39, 0.29) is 23.3 Å². The third-order valence-electron chi connectivity index (χ3n) is 3.09. The zero-order valence-corrected chi connectivity index (χ0v) is 14.9. The number of halogens is 1. The summed E-state index contributed by atoms with van der Waals surface area (Å²) in [6, 6.07) is 7.89. The summed E-state index contributed by atoms with van der Waals surface area (Å²) in [4.78, 5) is 8.22. The van der Waals surface area contributed by atoms with Gasteiger partial charge in [-0.05, 0) is 44.2 Å². The second kappa shape index (κ2) is 7.78. The van der Waals surface area contributed by atoms with E-state index >= 15 is 0 Å². The molecule has 130 valence electrons. The van der Waals surface area contributed by atoms with Gasteiger partial charge in [0.1, 0.15) is 0 Å². The van der Waals surface area contributed by atoms with Crippen molar-refractivity contribution in [2.75, 3.05) is 22.5 Å². The summed E-state index contributed by atoms with van der Waals surface area (Å²) in [6.45, 7) is 3.81. The summed E-state index contributed by atoms with van der Waals surface area (Å²) in [5.74, 6) is 0.166. The molecule has 0 bridgehead atoms. The maximum atomic E-state index is 12.4. The average Bonchev–Trinajstić information content (AvgIpc) is 2.51. The summed E-state index contributed by atoms with van der Waals surface area (Å²) in [6.07, 6.45) is -0.668. The number of hydrogen-bond donors (Lipinski definition) is 3. The minimum Gasteiger partial charge on any atom is -0.390 e. The predicted molar refractivity (Wildman–Crippen MR) is 94.0 cm³/mol. The Balaban J connectivity index is 2.11. The van der Waals surface area contributed by atoms with Crippen molar-refractivity contribution in [3.05, 3.63) is 41.7 Å². The zero-order valence-electron chi connectivity index (χ0n) is 13.3. The smallest absolute Gasteiger partial charge is 0.264 e. The lowest BCUT2D eigenvalue weighted by Crippen LogP contribution is -2.20.